The normalized spacial score (nSPS) is 10.9. The summed E-state index contributed by atoms with van der Waals surface area (Å²) in [6.45, 7) is 2.05. The second-order valence-electron chi connectivity index (χ2n) is 3.85. The van der Waals surface area contributed by atoms with E-state index in [-0.39, 0.29) is 0 Å². The van der Waals surface area contributed by atoms with Crippen molar-refractivity contribution in [2.75, 3.05) is 0 Å². The van der Waals surface area contributed by atoms with Crippen molar-refractivity contribution in [2.24, 2.45) is 0 Å². The molecule has 0 unspecified atom stereocenters. The third-order valence-electron chi connectivity index (χ3n) is 2.61. The van der Waals surface area contributed by atoms with Crippen molar-refractivity contribution in [2.45, 2.75) is 16.8 Å². The molecule has 0 radical (unpaired) electrons. The molecule has 17 heavy (non-hydrogen) atoms. The molecule has 0 aliphatic heterocycles. The number of hydrogen-bond acceptors (Lipinski definition) is 2. The van der Waals surface area contributed by atoms with Gasteiger partial charge >= 0.3 is 0 Å². The monoisotopic (exact) mass is 240 g/mol. The van der Waals surface area contributed by atoms with Gasteiger partial charge in [0.25, 0.3) is 0 Å². The van der Waals surface area contributed by atoms with Crippen LogP contribution in [0.4, 0.5) is 0 Å². The van der Waals surface area contributed by atoms with Crippen molar-refractivity contribution in [3.8, 4) is 0 Å². The van der Waals surface area contributed by atoms with E-state index in [1.807, 2.05) is 24.3 Å². The molecular weight excluding hydrogens is 228 g/mol. The number of aryl methyl sites for hydroxylation is 1. The van der Waals surface area contributed by atoms with Crippen LogP contribution < -0.4 is 0 Å². The van der Waals surface area contributed by atoms with Gasteiger partial charge < -0.3 is 0 Å². The standard InChI is InChI=1S/C14H12N2S/c1-11-14(17-12-7-3-2-4-8-12)16-10-6-5-9-13(16)15-11/h2-10H,1H3. The Balaban J connectivity index is 2.08. The maximum Gasteiger partial charge on any atom is 0.137 e. The van der Waals surface area contributed by atoms with Crippen molar-refractivity contribution >= 4 is 17.4 Å². The lowest BCUT2D eigenvalue weighted by atomic mass is 10.4. The van der Waals surface area contributed by atoms with E-state index in [0.717, 1.165) is 11.3 Å². The summed E-state index contributed by atoms with van der Waals surface area (Å²) in [6.07, 6.45) is 2.06. The Hall–Kier alpha value is -1.74. The van der Waals surface area contributed by atoms with E-state index < -0.39 is 0 Å². The van der Waals surface area contributed by atoms with E-state index >= 15 is 0 Å². The van der Waals surface area contributed by atoms with E-state index in [2.05, 4.69) is 46.8 Å². The molecule has 0 saturated heterocycles. The summed E-state index contributed by atoms with van der Waals surface area (Å²) >= 11 is 1.75. The van der Waals surface area contributed by atoms with Crippen LogP contribution in [0.15, 0.2) is 64.6 Å². The Morgan fingerprint density at radius 3 is 2.59 bits per heavy atom. The number of aromatic nitrogens is 2. The molecular formula is C14H12N2S. The fourth-order valence-electron chi connectivity index (χ4n) is 1.81. The van der Waals surface area contributed by atoms with Crippen LogP contribution in [0.25, 0.3) is 5.65 Å². The summed E-state index contributed by atoms with van der Waals surface area (Å²) in [5.41, 5.74) is 2.08. The van der Waals surface area contributed by atoms with Crippen LogP contribution >= 0.6 is 11.8 Å². The average Bonchev–Trinajstić information content (AvgIpc) is 2.68. The summed E-state index contributed by atoms with van der Waals surface area (Å²) in [7, 11) is 0. The summed E-state index contributed by atoms with van der Waals surface area (Å²) < 4.78 is 2.13. The molecule has 3 heteroatoms. The van der Waals surface area contributed by atoms with Crippen LogP contribution in [0.5, 0.6) is 0 Å². The molecule has 0 aliphatic carbocycles. The minimum Gasteiger partial charge on any atom is -0.294 e. The highest BCUT2D eigenvalue weighted by molar-refractivity contribution is 7.99. The van der Waals surface area contributed by atoms with Crippen LogP contribution in [0.2, 0.25) is 0 Å². The number of fused-ring (bicyclic) bond motifs is 1. The zero-order chi connectivity index (χ0) is 11.7. The van der Waals surface area contributed by atoms with E-state index in [1.165, 1.54) is 9.92 Å². The van der Waals surface area contributed by atoms with E-state index in [1.54, 1.807) is 11.8 Å². The number of pyridine rings is 1. The van der Waals surface area contributed by atoms with Gasteiger partial charge in [-0.15, -0.1) is 0 Å². The Kier molecular flexibility index (Phi) is 2.61. The molecule has 0 spiro atoms. The molecule has 0 saturated carbocycles. The number of benzene rings is 1. The first kappa shape index (κ1) is 10.4. The molecule has 2 heterocycles. The second-order valence-corrected chi connectivity index (χ2v) is 4.91. The minimum atomic E-state index is 1.00. The van der Waals surface area contributed by atoms with Gasteiger partial charge in [0.05, 0.1) is 5.69 Å². The van der Waals surface area contributed by atoms with Gasteiger partial charge in [0.15, 0.2) is 0 Å². The molecule has 1 aromatic carbocycles. The molecule has 0 atom stereocenters. The predicted octanol–water partition coefficient (Wildman–Crippen LogP) is 3.79. The molecule has 0 bridgehead atoms. The second kappa shape index (κ2) is 4.26. The highest BCUT2D eigenvalue weighted by Crippen LogP contribution is 2.30. The van der Waals surface area contributed by atoms with Crippen LogP contribution in [-0.4, -0.2) is 9.38 Å². The van der Waals surface area contributed by atoms with Crippen LogP contribution in [0, 0.1) is 6.92 Å². The molecule has 0 amide bonds. The van der Waals surface area contributed by atoms with Gasteiger partial charge in [0.2, 0.25) is 0 Å². The number of rotatable bonds is 2. The van der Waals surface area contributed by atoms with Crippen LogP contribution in [0.1, 0.15) is 5.69 Å². The Morgan fingerprint density at radius 1 is 1.00 bits per heavy atom. The van der Waals surface area contributed by atoms with E-state index in [0.29, 0.717) is 0 Å². The zero-order valence-corrected chi connectivity index (χ0v) is 10.3. The fourth-order valence-corrected chi connectivity index (χ4v) is 2.78. The Labute approximate surface area is 104 Å². The number of hydrogen-bond donors (Lipinski definition) is 0. The molecule has 0 N–H and O–H groups in total. The predicted molar refractivity (Wildman–Crippen MR) is 70.5 cm³/mol. The fraction of sp³-hybridized carbons (Fsp3) is 0.0714. The topological polar surface area (TPSA) is 17.3 Å². The summed E-state index contributed by atoms with van der Waals surface area (Å²) in [5, 5.41) is 1.19. The van der Waals surface area contributed by atoms with Gasteiger partial charge in [-0.05, 0) is 31.2 Å². The van der Waals surface area contributed by atoms with Crippen molar-refractivity contribution in [1.29, 1.82) is 0 Å². The summed E-state index contributed by atoms with van der Waals surface area (Å²) in [6, 6.07) is 16.5. The largest absolute Gasteiger partial charge is 0.294 e. The molecule has 0 aliphatic rings. The molecule has 84 valence electrons. The maximum atomic E-state index is 4.55. The first-order valence-electron chi connectivity index (χ1n) is 5.51. The van der Waals surface area contributed by atoms with Gasteiger partial charge in [-0.25, -0.2) is 4.98 Å². The van der Waals surface area contributed by atoms with Gasteiger partial charge in [-0.1, -0.05) is 36.0 Å². The minimum absolute atomic E-state index is 1.00. The highest BCUT2D eigenvalue weighted by Gasteiger charge is 2.08. The zero-order valence-electron chi connectivity index (χ0n) is 9.50. The summed E-state index contributed by atoms with van der Waals surface area (Å²) in [5.74, 6) is 0. The van der Waals surface area contributed by atoms with Crippen LogP contribution in [0.3, 0.4) is 0 Å². The van der Waals surface area contributed by atoms with Gasteiger partial charge in [0.1, 0.15) is 10.7 Å². The molecule has 0 fully saturated rings. The lowest BCUT2D eigenvalue weighted by Gasteiger charge is -2.02. The first-order chi connectivity index (χ1) is 8.34. The summed E-state index contributed by atoms with van der Waals surface area (Å²) in [4.78, 5) is 5.79. The van der Waals surface area contributed by atoms with Gasteiger partial charge in [-0.2, -0.15) is 0 Å². The molecule has 2 nitrogen and oxygen atoms in total. The number of imidazole rings is 1. The third-order valence-corrected chi connectivity index (χ3v) is 3.80. The molecule has 3 rings (SSSR count). The van der Waals surface area contributed by atoms with Crippen molar-refractivity contribution in [3.63, 3.8) is 0 Å². The van der Waals surface area contributed by atoms with Gasteiger partial charge in [0, 0.05) is 11.1 Å². The SMILES string of the molecule is Cc1nc2ccccn2c1Sc1ccccc1. The smallest absolute Gasteiger partial charge is 0.137 e. The van der Waals surface area contributed by atoms with E-state index in [9.17, 15) is 0 Å². The van der Waals surface area contributed by atoms with Crippen molar-refractivity contribution in [3.05, 3.63) is 60.4 Å². The van der Waals surface area contributed by atoms with Gasteiger partial charge in [-0.3, -0.25) is 4.40 Å². The Morgan fingerprint density at radius 2 is 1.76 bits per heavy atom. The van der Waals surface area contributed by atoms with Crippen LogP contribution in [-0.2, 0) is 0 Å². The number of nitrogens with zero attached hydrogens (tertiary/aromatic N) is 2. The highest BCUT2D eigenvalue weighted by atomic mass is 32.2. The maximum absolute atomic E-state index is 4.55. The first-order valence-corrected chi connectivity index (χ1v) is 6.33. The molecule has 3 aromatic rings. The third kappa shape index (κ3) is 1.94. The quantitative estimate of drug-likeness (QED) is 0.678. The lowest BCUT2D eigenvalue weighted by Crippen LogP contribution is -1.85. The van der Waals surface area contributed by atoms with E-state index in [4.69, 9.17) is 0 Å². The Bertz CT molecular complexity index is 644. The van der Waals surface area contributed by atoms with Crippen molar-refractivity contribution < 1.29 is 0 Å². The lowest BCUT2D eigenvalue weighted by molar-refractivity contribution is 1.02. The van der Waals surface area contributed by atoms with Crippen molar-refractivity contribution in [1.82, 2.24) is 9.38 Å². The average molecular weight is 240 g/mol. The molecule has 2 aromatic heterocycles.